The molecule has 0 spiro atoms. The second-order valence-corrected chi connectivity index (χ2v) is 8.19. The molecule has 13 heteroatoms. The maximum absolute atomic E-state index is 14.7. The molecule has 7 nitrogen and oxygen atoms in total. The van der Waals surface area contributed by atoms with Gasteiger partial charge < -0.3 is 15.6 Å². The minimum absolute atomic E-state index is 0.0201. The lowest BCUT2D eigenvalue weighted by Gasteiger charge is -2.29. The molecule has 1 atom stereocenters. The summed E-state index contributed by atoms with van der Waals surface area (Å²) in [6, 6.07) is 0.257. The number of H-pyrrole nitrogens is 1. The van der Waals surface area contributed by atoms with Crippen molar-refractivity contribution in [2.75, 3.05) is 10.6 Å². The fourth-order valence-corrected chi connectivity index (χ4v) is 3.76. The standard InChI is InChI=1S/C21H20F6N6O/c1-10(21(25,26)27)31-19-15-13(8-28-18(15)29-9-30-19)16(34)12-2-3-14(33-17(12)22)32-11-4-6-20(23,24)7-5-11/h2-3,8-11H,4-7H2,1H3,(H,32,33)(H2,28,29,30,31)/t10-/m1/s1. The number of hydrogen-bond acceptors (Lipinski definition) is 6. The van der Waals surface area contributed by atoms with E-state index in [0.717, 1.165) is 13.3 Å². The topological polar surface area (TPSA) is 95.6 Å². The number of nitrogens with zero attached hydrogens (tertiary/aromatic N) is 3. The van der Waals surface area contributed by atoms with Crippen LogP contribution in [0, 0.1) is 5.95 Å². The van der Waals surface area contributed by atoms with Gasteiger partial charge in [0.1, 0.15) is 29.7 Å². The van der Waals surface area contributed by atoms with Crippen molar-refractivity contribution in [3.8, 4) is 0 Å². The minimum Gasteiger partial charge on any atom is -0.367 e. The second kappa shape index (κ2) is 8.76. The molecule has 3 heterocycles. The molecule has 0 amide bonds. The number of nitrogens with one attached hydrogen (secondary N) is 3. The lowest BCUT2D eigenvalue weighted by Crippen LogP contribution is -2.33. The van der Waals surface area contributed by atoms with Crippen LogP contribution < -0.4 is 10.6 Å². The Kier molecular flexibility index (Phi) is 6.13. The average Bonchev–Trinajstić information content (AvgIpc) is 3.19. The maximum Gasteiger partial charge on any atom is 0.408 e. The molecule has 3 aromatic heterocycles. The lowest BCUT2D eigenvalue weighted by atomic mass is 9.92. The molecule has 3 N–H and O–H groups in total. The van der Waals surface area contributed by atoms with E-state index in [9.17, 15) is 31.1 Å². The van der Waals surface area contributed by atoms with Crippen molar-refractivity contribution >= 4 is 28.5 Å². The summed E-state index contributed by atoms with van der Waals surface area (Å²) >= 11 is 0. The molecule has 0 radical (unpaired) electrons. The number of anilines is 2. The van der Waals surface area contributed by atoms with Gasteiger partial charge in [-0.3, -0.25) is 4.79 Å². The summed E-state index contributed by atoms with van der Waals surface area (Å²) in [6.45, 7) is 0.894. The van der Waals surface area contributed by atoms with Crippen LogP contribution in [0.4, 0.5) is 38.0 Å². The van der Waals surface area contributed by atoms with Crippen LogP contribution >= 0.6 is 0 Å². The van der Waals surface area contributed by atoms with Crippen molar-refractivity contribution in [3.63, 3.8) is 0 Å². The molecule has 0 saturated heterocycles. The zero-order chi connectivity index (χ0) is 24.7. The lowest BCUT2D eigenvalue weighted by molar-refractivity contribution is -0.138. The second-order valence-electron chi connectivity index (χ2n) is 8.19. The monoisotopic (exact) mass is 486 g/mol. The van der Waals surface area contributed by atoms with Crippen molar-refractivity contribution in [1.29, 1.82) is 0 Å². The first kappa shape index (κ1) is 23.8. The van der Waals surface area contributed by atoms with Crippen molar-refractivity contribution in [2.24, 2.45) is 0 Å². The minimum atomic E-state index is -4.56. The van der Waals surface area contributed by atoms with Gasteiger partial charge >= 0.3 is 6.18 Å². The van der Waals surface area contributed by atoms with Crippen molar-refractivity contribution < 1.29 is 31.1 Å². The number of aromatic nitrogens is 4. The van der Waals surface area contributed by atoms with Crippen LogP contribution in [0.3, 0.4) is 0 Å². The molecule has 0 aromatic carbocycles. The summed E-state index contributed by atoms with van der Waals surface area (Å²) in [5, 5.41) is 5.09. The van der Waals surface area contributed by atoms with Crippen LogP contribution in [0.25, 0.3) is 11.0 Å². The van der Waals surface area contributed by atoms with E-state index in [1.165, 1.54) is 18.3 Å². The Morgan fingerprint density at radius 3 is 2.53 bits per heavy atom. The Balaban J connectivity index is 1.58. The Bertz CT molecular complexity index is 1200. The molecule has 0 unspecified atom stereocenters. The van der Waals surface area contributed by atoms with Gasteiger partial charge in [-0.25, -0.2) is 23.7 Å². The van der Waals surface area contributed by atoms with Gasteiger partial charge in [-0.1, -0.05) is 0 Å². The van der Waals surface area contributed by atoms with E-state index in [4.69, 9.17) is 0 Å². The fourth-order valence-electron chi connectivity index (χ4n) is 3.76. The molecule has 182 valence electrons. The summed E-state index contributed by atoms with van der Waals surface area (Å²) in [5.74, 6) is -4.80. The molecule has 0 bridgehead atoms. The number of pyridine rings is 1. The highest BCUT2D eigenvalue weighted by Gasteiger charge is 2.37. The van der Waals surface area contributed by atoms with E-state index >= 15 is 0 Å². The molecule has 34 heavy (non-hydrogen) atoms. The third-order valence-corrected chi connectivity index (χ3v) is 5.72. The highest BCUT2D eigenvalue weighted by atomic mass is 19.4. The van der Waals surface area contributed by atoms with E-state index in [2.05, 4.69) is 30.6 Å². The van der Waals surface area contributed by atoms with Gasteiger partial charge in [0, 0.05) is 25.1 Å². The largest absolute Gasteiger partial charge is 0.408 e. The zero-order valence-electron chi connectivity index (χ0n) is 17.8. The molecular weight excluding hydrogens is 466 g/mol. The van der Waals surface area contributed by atoms with E-state index < -0.39 is 35.4 Å². The van der Waals surface area contributed by atoms with E-state index in [0.29, 0.717) is 0 Å². The highest BCUT2D eigenvalue weighted by molar-refractivity contribution is 6.18. The quantitative estimate of drug-likeness (QED) is 0.256. The first-order valence-corrected chi connectivity index (χ1v) is 10.5. The Morgan fingerprint density at radius 1 is 1.18 bits per heavy atom. The molecule has 0 aliphatic heterocycles. The maximum atomic E-state index is 14.7. The van der Waals surface area contributed by atoms with Crippen LogP contribution in [0.15, 0.2) is 24.7 Å². The number of aromatic amines is 1. The molecule has 1 aliphatic rings. The number of ketones is 1. The first-order valence-electron chi connectivity index (χ1n) is 10.5. The van der Waals surface area contributed by atoms with Crippen LogP contribution in [-0.2, 0) is 0 Å². The fraction of sp³-hybridized carbons (Fsp3) is 0.429. The SMILES string of the molecule is C[C@@H](Nc1ncnc2[nH]cc(C(=O)c3ccc(NC4CCC(F)(F)CC4)nc3F)c12)C(F)(F)F. The Labute approximate surface area is 189 Å². The third-order valence-electron chi connectivity index (χ3n) is 5.72. The van der Waals surface area contributed by atoms with Crippen LogP contribution in [0.2, 0.25) is 0 Å². The number of carbonyl (C=O) groups is 1. The molecule has 4 rings (SSSR count). The number of carbonyl (C=O) groups excluding carboxylic acids is 1. The number of alkyl halides is 5. The molecule has 3 aromatic rings. The van der Waals surface area contributed by atoms with Gasteiger partial charge in [0.2, 0.25) is 11.9 Å². The van der Waals surface area contributed by atoms with Crippen molar-refractivity contribution in [1.82, 2.24) is 19.9 Å². The zero-order valence-corrected chi connectivity index (χ0v) is 17.8. The van der Waals surface area contributed by atoms with Gasteiger partial charge in [0.15, 0.2) is 5.78 Å². The van der Waals surface area contributed by atoms with Gasteiger partial charge in [-0.15, -0.1) is 0 Å². The van der Waals surface area contributed by atoms with Crippen molar-refractivity contribution in [2.45, 2.75) is 56.8 Å². The molecular formula is C21H20F6N6O. The Hall–Kier alpha value is -3.38. The van der Waals surface area contributed by atoms with Crippen LogP contribution in [0.5, 0.6) is 0 Å². The first-order chi connectivity index (χ1) is 15.9. The highest BCUT2D eigenvalue weighted by Crippen LogP contribution is 2.34. The number of hydrogen-bond donors (Lipinski definition) is 3. The van der Waals surface area contributed by atoms with E-state index in [-0.39, 0.29) is 60.0 Å². The summed E-state index contributed by atoms with van der Waals surface area (Å²) in [4.78, 5) is 27.2. The van der Waals surface area contributed by atoms with Gasteiger partial charge in [0.05, 0.1) is 16.5 Å². The molecule has 1 saturated carbocycles. The average molecular weight is 486 g/mol. The van der Waals surface area contributed by atoms with Gasteiger partial charge in [-0.2, -0.15) is 17.6 Å². The van der Waals surface area contributed by atoms with Crippen LogP contribution in [0.1, 0.15) is 48.5 Å². The summed E-state index contributed by atoms with van der Waals surface area (Å²) in [7, 11) is 0. The Morgan fingerprint density at radius 2 is 1.88 bits per heavy atom. The predicted octanol–water partition coefficient (Wildman–Crippen LogP) is 5.08. The number of rotatable bonds is 6. The van der Waals surface area contributed by atoms with E-state index in [1.54, 1.807) is 0 Å². The number of halogens is 6. The predicted molar refractivity (Wildman–Crippen MR) is 111 cm³/mol. The van der Waals surface area contributed by atoms with Gasteiger partial charge in [0.25, 0.3) is 0 Å². The van der Waals surface area contributed by atoms with Crippen molar-refractivity contribution in [3.05, 3.63) is 41.7 Å². The molecule has 1 fully saturated rings. The van der Waals surface area contributed by atoms with E-state index in [1.807, 2.05) is 0 Å². The third kappa shape index (κ3) is 4.92. The number of fused-ring (bicyclic) bond motifs is 1. The summed E-state index contributed by atoms with van der Waals surface area (Å²) < 4.78 is 80.4. The van der Waals surface area contributed by atoms with Gasteiger partial charge in [-0.05, 0) is 31.9 Å². The van der Waals surface area contributed by atoms with Crippen LogP contribution in [-0.4, -0.2) is 49.9 Å². The molecule has 1 aliphatic carbocycles. The summed E-state index contributed by atoms with van der Waals surface area (Å²) in [6.07, 6.45) is -2.51. The smallest absolute Gasteiger partial charge is 0.367 e. The summed E-state index contributed by atoms with van der Waals surface area (Å²) in [5.41, 5.74) is -0.459. The normalized spacial score (nSPS) is 17.5.